The van der Waals surface area contributed by atoms with Crippen molar-refractivity contribution >= 4 is 11.8 Å². The minimum Gasteiger partial charge on any atom is -0.465 e. The van der Waals surface area contributed by atoms with Crippen molar-refractivity contribution in [2.45, 2.75) is 13.8 Å². The van der Waals surface area contributed by atoms with Crippen molar-refractivity contribution in [1.29, 1.82) is 0 Å². The third-order valence-corrected chi connectivity index (χ3v) is 1.48. The van der Waals surface area contributed by atoms with E-state index in [0.29, 0.717) is 0 Å². The summed E-state index contributed by atoms with van der Waals surface area (Å²) < 4.78 is 9.16. The third kappa shape index (κ3) is 4.18. The van der Waals surface area contributed by atoms with Crippen LogP contribution in [0, 0.1) is 5.92 Å². The molecule has 0 unspecified atom stereocenters. The van der Waals surface area contributed by atoms with Gasteiger partial charge in [0.15, 0.2) is 5.78 Å². The monoisotopic (exact) mass is 200 g/mol. The topological polar surface area (TPSA) is 52.6 Å². The molecule has 0 atom stereocenters. The lowest BCUT2D eigenvalue weighted by Crippen LogP contribution is -2.19. The highest BCUT2D eigenvalue weighted by Gasteiger charge is 2.18. The first-order chi connectivity index (χ1) is 6.52. The lowest BCUT2D eigenvalue weighted by molar-refractivity contribution is -0.138. The van der Waals surface area contributed by atoms with Crippen molar-refractivity contribution in [1.82, 2.24) is 0 Å². The van der Waals surface area contributed by atoms with Gasteiger partial charge in [-0.05, 0) is 5.92 Å². The van der Waals surface area contributed by atoms with Crippen molar-refractivity contribution in [3.05, 3.63) is 11.6 Å². The van der Waals surface area contributed by atoms with Crippen LogP contribution >= 0.6 is 0 Å². The largest absolute Gasteiger partial charge is 0.465 e. The second-order valence-electron chi connectivity index (χ2n) is 3.17. The summed E-state index contributed by atoms with van der Waals surface area (Å²) in [5.41, 5.74) is 0.0596. The Morgan fingerprint density at radius 2 is 1.86 bits per heavy atom. The summed E-state index contributed by atoms with van der Waals surface area (Å²) in [5, 5.41) is 0. The summed E-state index contributed by atoms with van der Waals surface area (Å²) in [7, 11) is 2.65. The Kier molecular flexibility index (Phi) is 5.79. The molecule has 0 spiro atoms. The molecular formula is C10H16O4. The smallest absolute Gasteiger partial charge is 0.341 e. The Morgan fingerprint density at radius 3 is 2.21 bits per heavy atom. The number of ether oxygens (including phenoxy) is 2. The summed E-state index contributed by atoms with van der Waals surface area (Å²) in [6.07, 6.45) is 1.58. The molecule has 0 bridgehead atoms. The molecule has 80 valence electrons. The zero-order valence-corrected chi connectivity index (χ0v) is 8.99. The third-order valence-electron chi connectivity index (χ3n) is 1.48. The Morgan fingerprint density at radius 1 is 1.29 bits per heavy atom. The number of esters is 1. The average Bonchev–Trinajstić information content (AvgIpc) is 2.13. The maximum absolute atomic E-state index is 11.4. The Hall–Kier alpha value is -1.16. The van der Waals surface area contributed by atoms with Crippen LogP contribution in [0.15, 0.2) is 11.6 Å². The predicted octanol–water partition coefficient (Wildman–Crippen LogP) is 0.957. The van der Waals surface area contributed by atoms with Crippen LogP contribution < -0.4 is 0 Å². The molecule has 0 aliphatic rings. The standard InChI is InChI=1S/C10H16O4/c1-7(2)5-8(10(12)14-4)9(11)6-13-3/h5,7H,6H2,1-4H3. The molecule has 4 nitrogen and oxygen atoms in total. The quantitative estimate of drug-likeness (QED) is 0.287. The average molecular weight is 200 g/mol. The van der Waals surface area contributed by atoms with E-state index in [1.165, 1.54) is 14.2 Å². The molecule has 0 radical (unpaired) electrons. The normalized spacial score (nSPS) is 11.6. The summed E-state index contributed by atoms with van der Waals surface area (Å²) >= 11 is 0. The van der Waals surface area contributed by atoms with Crippen molar-refractivity contribution in [2.24, 2.45) is 5.92 Å². The first kappa shape index (κ1) is 12.8. The van der Waals surface area contributed by atoms with E-state index in [1.54, 1.807) is 6.08 Å². The number of hydrogen-bond acceptors (Lipinski definition) is 4. The van der Waals surface area contributed by atoms with Crippen molar-refractivity contribution in [2.75, 3.05) is 20.8 Å². The molecule has 0 aliphatic heterocycles. The molecule has 0 N–H and O–H groups in total. The summed E-state index contributed by atoms with van der Waals surface area (Å²) in [6, 6.07) is 0. The van der Waals surface area contributed by atoms with Crippen LogP contribution in [0.3, 0.4) is 0 Å². The van der Waals surface area contributed by atoms with Crippen LogP contribution in [0.4, 0.5) is 0 Å². The van der Waals surface area contributed by atoms with E-state index >= 15 is 0 Å². The van der Waals surface area contributed by atoms with Crippen LogP contribution in [0.2, 0.25) is 0 Å². The van der Waals surface area contributed by atoms with Crippen LogP contribution in [-0.2, 0) is 19.1 Å². The van der Waals surface area contributed by atoms with Crippen LogP contribution in [0.5, 0.6) is 0 Å². The van der Waals surface area contributed by atoms with Gasteiger partial charge in [-0.25, -0.2) is 4.79 Å². The van der Waals surface area contributed by atoms with E-state index in [2.05, 4.69) is 9.47 Å². The van der Waals surface area contributed by atoms with Gasteiger partial charge in [-0.3, -0.25) is 4.79 Å². The maximum atomic E-state index is 11.4. The lowest BCUT2D eigenvalue weighted by atomic mass is 10.1. The summed E-state index contributed by atoms with van der Waals surface area (Å²) in [4.78, 5) is 22.6. The van der Waals surface area contributed by atoms with Gasteiger partial charge in [0.1, 0.15) is 12.2 Å². The second kappa shape index (κ2) is 6.32. The molecule has 0 aliphatic carbocycles. The lowest BCUT2D eigenvalue weighted by Gasteiger charge is -2.05. The number of rotatable bonds is 5. The first-order valence-electron chi connectivity index (χ1n) is 4.35. The van der Waals surface area contributed by atoms with E-state index in [-0.39, 0.29) is 23.9 Å². The number of ketones is 1. The van der Waals surface area contributed by atoms with E-state index in [0.717, 1.165) is 0 Å². The summed E-state index contributed by atoms with van der Waals surface area (Å²) in [5.74, 6) is -0.848. The molecule has 0 aromatic heterocycles. The number of carbonyl (C=O) groups excluding carboxylic acids is 2. The fourth-order valence-corrected chi connectivity index (χ4v) is 0.927. The van der Waals surface area contributed by atoms with Gasteiger partial charge >= 0.3 is 5.97 Å². The van der Waals surface area contributed by atoms with E-state index in [1.807, 2.05) is 13.8 Å². The van der Waals surface area contributed by atoms with Crippen molar-refractivity contribution < 1.29 is 19.1 Å². The summed E-state index contributed by atoms with van der Waals surface area (Å²) in [6.45, 7) is 3.65. The minimum absolute atomic E-state index is 0.0596. The van der Waals surface area contributed by atoms with Crippen molar-refractivity contribution in [3.63, 3.8) is 0 Å². The van der Waals surface area contributed by atoms with Crippen molar-refractivity contribution in [3.8, 4) is 0 Å². The zero-order valence-electron chi connectivity index (χ0n) is 8.99. The Bertz CT molecular complexity index is 241. The highest BCUT2D eigenvalue weighted by atomic mass is 16.5. The number of methoxy groups -OCH3 is 2. The molecule has 0 aromatic carbocycles. The fourth-order valence-electron chi connectivity index (χ4n) is 0.927. The van der Waals surface area contributed by atoms with Gasteiger partial charge in [-0.1, -0.05) is 19.9 Å². The predicted molar refractivity (Wildman–Crippen MR) is 51.8 cm³/mol. The molecule has 0 aromatic rings. The highest BCUT2D eigenvalue weighted by Crippen LogP contribution is 2.06. The fraction of sp³-hybridized carbons (Fsp3) is 0.600. The van der Waals surface area contributed by atoms with Crippen LogP contribution in [0.1, 0.15) is 13.8 Å². The number of Topliss-reactive ketones (excluding diaryl/α,β-unsaturated/α-hetero) is 1. The molecule has 0 heterocycles. The Labute approximate surface area is 83.9 Å². The second-order valence-corrected chi connectivity index (χ2v) is 3.17. The molecule has 0 amide bonds. The number of hydrogen-bond donors (Lipinski definition) is 0. The maximum Gasteiger partial charge on any atom is 0.341 e. The van der Waals surface area contributed by atoms with Crippen LogP contribution in [0.25, 0.3) is 0 Å². The molecular weight excluding hydrogens is 184 g/mol. The number of carbonyl (C=O) groups is 2. The Balaban J connectivity index is 4.72. The minimum atomic E-state index is -0.610. The van der Waals surface area contributed by atoms with E-state index < -0.39 is 5.97 Å². The van der Waals surface area contributed by atoms with Gasteiger partial charge < -0.3 is 9.47 Å². The molecule has 0 saturated carbocycles. The molecule has 0 saturated heterocycles. The van der Waals surface area contributed by atoms with E-state index in [4.69, 9.17) is 0 Å². The van der Waals surface area contributed by atoms with Gasteiger partial charge in [-0.2, -0.15) is 0 Å². The first-order valence-corrected chi connectivity index (χ1v) is 4.35. The van der Waals surface area contributed by atoms with Gasteiger partial charge in [0.05, 0.1) is 7.11 Å². The molecule has 0 fully saturated rings. The van der Waals surface area contributed by atoms with E-state index in [9.17, 15) is 9.59 Å². The SMILES string of the molecule is COCC(=O)C(=CC(C)C)C(=O)OC. The zero-order chi connectivity index (χ0) is 11.1. The molecule has 0 rings (SSSR count). The van der Waals surface area contributed by atoms with Crippen LogP contribution in [-0.4, -0.2) is 32.6 Å². The molecule has 4 heteroatoms. The van der Waals surface area contributed by atoms with Gasteiger partial charge in [0.25, 0.3) is 0 Å². The number of allylic oxidation sites excluding steroid dienone is 1. The van der Waals surface area contributed by atoms with Gasteiger partial charge in [0, 0.05) is 7.11 Å². The van der Waals surface area contributed by atoms with Gasteiger partial charge in [-0.15, -0.1) is 0 Å². The molecule has 14 heavy (non-hydrogen) atoms. The van der Waals surface area contributed by atoms with Gasteiger partial charge in [0.2, 0.25) is 0 Å². The highest BCUT2D eigenvalue weighted by molar-refractivity contribution is 6.17.